The largest absolute Gasteiger partial charge is 0.468 e. The molecule has 0 heterocycles. The zero-order valence-electron chi connectivity index (χ0n) is 24.7. The number of nitrogens with one attached hydrogen (secondary N) is 2. The minimum absolute atomic E-state index is 0.286. The van der Waals surface area contributed by atoms with Gasteiger partial charge in [-0.25, -0.2) is 4.79 Å². The summed E-state index contributed by atoms with van der Waals surface area (Å²) in [5, 5.41) is 5.35. The second-order valence-electron chi connectivity index (χ2n) is 11.5. The Morgan fingerprint density at radius 2 is 1.53 bits per heavy atom. The molecule has 214 valence electrons. The standard InChI is InChI=1S/C29H47N3O6/c1-18(2)11-14-21(6)32(27(35)24(19(3)4)31-28(36)38-29(7,8)9)25(22-15-12-20(5)13-16-22)26(34)30-17-23(33)37-10/h12-13,15-16,18-19,21,24-25H,11,14,17H2,1-10H3,(H,30,34)(H,31,36). The predicted molar refractivity (Wildman–Crippen MR) is 147 cm³/mol. The third-order valence-corrected chi connectivity index (χ3v) is 6.05. The molecule has 0 aliphatic heterocycles. The Morgan fingerprint density at radius 1 is 0.947 bits per heavy atom. The first kappa shape index (κ1) is 32.9. The fraction of sp³-hybridized carbons (Fsp3) is 0.655. The number of ether oxygens (including phenoxy) is 2. The molecule has 0 spiro atoms. The van der Waals surface area contributed by atoms with Crippen LogP contribution < -0.4 is 10.6 Å². The highest BCUT2D eigenvalue weighted by Crippen LogP contribution is 2.28. The van der Waals surface area contributed by atoms with Gasteiger partial charge in [0, 0.05) is 6.04 Å². The molecule has 0 radical (unpaired) electrons. The summed E-state index contributed by atoms with van der Waals surface area (Å²) in [6, 6.07) is 5.04. The van der Waals surface area contributed by atoms with E-state index in [4.69, 9.17) is 4.74 Å². The average molecular weight is 534 g/mol. The molecule has 2 N–H and O–H groups in total. The van der Waals surface area contributed by atoms with Crippen molar-refractivity contribution in [3.63, 3.8) is 0 Å². The number of amides is 3. The first-order chi connectivity index (χ1) is 17.6. The maximum atomic E-state index is 14.2. The molecule has 38 heavy (non-hydrogen) atoms. The van der Waals surface area contributed by atoms with Crippen molar-refractivity contribution in [2.45, 2.75) is 98.9 Å². The van der Waals surface area contributed by atoms with Crippen molar-refractivity contribution in [1.82, 2.24) is 15.5 Å². The lowest BCUT2D eigenvalue weighted by atomic mass is 9.94. The number of hydrogen-bond donors (Lipinski definition) is 2. The summed E-state index contributed by atoms with van der Waals surface area (Å²) in [5.41, 5.74) is 0.860. The van der Waals surface area contributed by atoms with Crippen LogP contribution in [0.3, 0.4) is 0 Å². The molecule has 0 saturated carbocycles. The molecule has 0 aliphatic carbocycles. The van der Waals surface area contributed by atoms with Crippen molar-refractivity contribution in [1.29, 1.82) is 0 Å². The molecule has 1 rings (SSSR count). The fourth-order valence-corrected chi connectivity index (χ4v) is 3.94. The van der Waals surface area contributed by atoms with Crippen LogP contribution >= 0.6 is 0 Å². The van der Waals surface area contributed by atoms with Gasteiger partial charge in [0.05, 0.1) is 7.11 Å². The van der Waals surface area contributed by atoms with Crippen LogP contribution in [-0.4, -0.2) is 60.1 Å². The van der Waals surface area contributed by atoms with Crippen LogP contribution in [0.15, 0.2) is 24.3 Å². The number of alkyl carbamates (subject to hydrolysis) is 1. The minimum Gasteiger partial charge on any atom is -0.468 e. The number of carbonyl (C=O) groups excluding carboxylic acids is 4. The zero-order valence-corrected chi connectivity index (χ0v) is 24.7. The van der Waals surface area contributed by atoms with Gasteiger partial charge in [-0.15, -0.1) is 0 Å². The van der Waals surface area contributed by atoms with Crippen LogP contribution in [0.1, 0.15) is 85.4 Å². The van der Waals surface area contributed by atoms with Gasteiger partial charge in [-0.2, -0.15) is 0 Å². The summed E-state index contributed by atoms with van der Waals surface area (Å²) < 4.78 is 10.1. The van der Waals surface area contributed by atoms with E-state index in [1.165, 1.54) is 7.11 Å². The Bertz CT molecular complexity index is 937. The van der Waals surface area contributed by atoms with E-state index < -0.39 is 41.6 Å². The van der Waals surface area contributed by atoms with E-state index in [-0.39, 0.29) is 18.5 Å². The lowest BCUT2D eigenvalue weighted by Crippen LogP contribution is -2.57. The maximum Gasteiger partial charge on any atom is 0.408 e. The van der Waals surface area contributed by atoms with E-state index >= 15 is 0 Å². The SMILES string of the molecule is COC(=O)CNC(=O)C(c1ccc(C)cc1)N(C(=O)C(NC(=O)OC(C)(C)C)C(C)C)C(C)CCC(C)C. The summed E-state index contributed by atoms with van der Waals surface area (Å²) in [4.78, 5) is 53.9. The molecule has 0 aliphatic rings. The van der Waals surface area contributed by atoms with Crippen molar-refractivity contribution >= 4 is 23.9 Å². The van der Waals surface area contributed by atoms with E-state index in [0.29, 0.717) is 17.9 Å². The van der Waals surface area contributed by atoms with Crippen LogP contribution in [0.25, 0.3) is 0 Å². The van der Waals surface area contributed by atoms with E-state index in [1.807, 2.05) is 39.8 Å². The maximum absolute atomic E-state index is 14.2. The molecule has 3 unspecified atom stereocenters. The van der Waals surface area contributed by atoms with Crippen LogP contribution in [-0.2, 0) is 23.9 Å². The van der Waals surface area contributed by atoms with Gasteiger partial charge in [-0.1, -0.05) is 57.5 Å². The Morgan fingerprint density at radius 3 is 2.00 bits per heavy atom. The Hall–Kier alpha value is -3.10. The lowest BCUT2D eigenvalue weighted by molar-refractivity contribution is -0.147. The van der Waals surface area contributed by atoms with Crippen molar-refractivity contribution in [2.75, 3.05) is 13.7 Å². The molecular weight excluding hydrogens is 486 g/mol. The van der Waals surface area contributed by atoms with Gasteiger partial charge in [-0.3, -0.25) is 14.4 Å². The number of benzene rings is 1. The number of esters is 1. The highest BCUT2D eigenvalue weighted by molar-refractivity contribution is 5.93. The quantitative estimate of drug-likeness (QED) is 0.382. The third kappa shape index (κ3) is 10.7. The molecule has 0 bridgehead atoms. The number of methoxy groups -OCH3 is 1. The van der Waals surface area contributed by atoms with Gasteiger partial charge >= 0.3 is 12.1 Å². The van der Waals surface area contributed by atoms with Crippen molar-refractivity contribution in [2.24, 2.45) is 11.8 Å². The Kier molecular flexibility index (Phi) is 12.8. The first-order valence-electron chi connectivity index (χ1n) is 13.3. The highest BCUT2D eigenvalue weighted by atomic mass is 16.6. The second kappa shape index (κ2) is 14.7. The molecule has 0 saturated heterocycles. The molecule has 0 aromatic heterocycles. The predicted octanol–water partition coefficient (Wildman–Crippen LogP) is 4.53. The molecule has 3 atom stereocenters. The van der Waals surface area contributed by atoms with Gasteiger partial charge in [-0.05, 0) is 64.9 Å². The second-order valence-corrected chi connectivity index (χ2v) is 11.5. The number of hydrogen-bond acceptors (Lipinski definition) is 6. The molecule has 1 aromatic carbocycles. The van der Waals surface area contributed by atoms with Crippen LogP contribution in [0.2, 0.25) is 0 Å². The molecule has 0 fully saturated rings. The van der Waals surface area contributed by atoms with Crippen molar-refractivity contribution in [3.8, 4) is 0 Å². The number of rotatable bonds is 12. The fourth-order valence-electron chi connectivity index (χ4n) is 3.94. The summed E-state index contributed by atoms with van der Waals surface area (Å²) in [7, 11) is 1.24. The summed E-state index contributed by atoms with van der Waals surface area (Å²) >= 11 is 0. The lowest BCUT2D eigenvalue weighted by Gasteiger charge is -2.39. The van der Waals surface area contributed by atoms with Gasteiger partial charge in [0.15, 0.2) is 0 Å². The van der Waals surface area contributed by atoms with E-state index in [2.05, 4.69) is 29.2 Å². The van der Waals surface area contributed by atoms with Gasteiger partial charge in [0.25, 0.3) is 0 Å². The highest BCUT2D eigenvalue weighted by Gasteiger charge is 2.40. The van der Waals surface area contributed by atoms with Crippen molar-refractivity contribution in [3.05, 3.63) is 35.4 Å². The van der Waals surface area contributed by atoms with E-state index in [1.54, 1.807) is 37.8 Å². The average Bonchev–Trinajstić information content (AvgIpc) is 2.81. The molecule has 3 amide bonds. The summed E-state index contributed by atoms with van der Waals surface area (Å²) in [6.45, 7) is 16.6. The Labute approximate surface area is 228 Å². The van der Waals surface area contributed by atoms with Crippen LogP contribution in [0, 0.1) is 18.8 Å². The van der Waals surface area contributed by atoms with Gasteiger partial charge in [0.2, 0.25) is 11.8 Å². The summed E-state index contributed by atoms with van der Waals surface area (Å²) in [6.07, 6.45) is 0.774. The number of carbonyl (C=O) groups is 4. The van der Waals surface area contributed by atoms with Gasteiger partial charge < -0.3 is 25.0 Å². The molecule has 9 nitrogen and oxygen atoms in total. The van der Waals surface area contributed by atoms with E-state index in [9.17, 15) is 19.2 Å². The Balaban J connectivity index is 3.57. The van der Waals surface area contributed by atoms with Crippen molar-refractivity contribution < 1.29 is 28.7 Å². The third-order valence-electron chi connectivity index (χ3n) is 6.05. The topological polar surface area (TPSA) is 114 Å². The van der Waals surface area contributed by atoms with E-state index in [0.717, 1.165) is 12.0 Å². The molecule has 1 aromatic rings. The molecule has 9 heteroatoms. The number of aryl methyl sites for hydroxylation is 1. The molecular formula is C29H47N3O6. The smallest absolute Gasteiger partial charge is 0.408 e. The zero-order chi connectivity index (χ0) is 29.2. The summed E-state index contributed by atoms with van der Waals surface area (Å²) in [5.74, 6) is -1.41. The van der Waals surface area contributed by atoms with Crippen LogP contribution in [0.5, 0.6) is 0 Å². The first-order valence-corrected chi connectivity index (χ1v) is 13.3. The minimum atomic E-state index is -1.03. The number of nitrogens with zero attached hydrogens (tertiary/aromatic N) is 1. The normalized spacial score (nSPS) is 13.9. The van der Waals surface area contributed by atoms with Gasteiger partial charge in [0.1, 0.15) is 24.2 Å². The monoisotopic (exact) mass is 533 g/mol. The van der Waals surface area contributed by atoms with Crippen LogP contribution in [0.4, 0.5) is 4.79 Å².